The maximum atomic E-state index is 12.3. The summed E-state index contributed by atoms with van der Waals surface area (Å²) in [5.41, 5.74) is -0.0854. The third-order valence-electron chi connectivity index (χ3n) is 3.19. The molecule has 24 heavy (non-hydrogen) atoms. The van der Waals surface area contributed by atoms with Crippen LogP contribution in [0, 0.1) is 10.1 Å². The van der Waals surface area contributed by atoms with E-state index in [0.717, 1.165) is 6.07 Å². The number of carboxylic acid groups (broad SMARTS) is 1. The number of carbonyl (C=O) groups excluding carboxylic acids is 1. The van der Waals surface area contributed by atoms with Crippen molar-refractivity contribution in [1.82, 2.24) is 4.90 Å². The van der Waals surface area contributed by atoms with Crippen molar-refractivity contribution in [3.63, 3.8) is 0 Å². The van der Waals surface area contributed by atoms with E-state index in [9.17, 15) is 19.7 Å². The molecule has 1 unspecified atom stereocenters. The van der Waals surface area contributed by atoms with Gasteiger partial charge in [-0.25, -0.2) is 0 Å². The molecule has 10 heteroatoms. The van der Waals surface area contributed by atoms with E-state index in [1.807, 2.05) is 6.92 Å². The first kappa shape index (κ1) is 22.1. The van der Waals surface area contributed by atoms with Crippen LogP contribution in [0.3, 0.4) is 0 Å². The molecule has 8 nitrogen and oxygen atoms in total. The average Bonchev–Trinajstić information content (AvgIpc) is 2.47. The number of benzene rings is 1. The average molecular weight is 380 g/mol. The summed E-state index contributed by atoms with van der Waals surface area (Å²) in [6.07, 6.45) is 0.683. The Balaban J connectivity index is 0.00000529. The number of rotatable bonds is 8. The van der Waals surface area contributed by atoms with Crippen LogP contribution < -0.4 is 5.32 Å². The number of hydrogen-bond acceptors (Lipinski definition) is 5. The lowest BCUT2D eigenvalue weighted by Gasteiger charge is -2.26. The van der Waals surface area contributed by atoms with Crippen LogP contribution in [0.1, 0.15) is 20.3 Å². The zero-order chi connectivity index (χ0) is 17.6. The second kappa shape index (κ2) is 10.1. The highest BCUT2D eigenvalue weighted by Gasteiger charge is 2.23. The third kappa shape index (κ3) is 6.31. The van der Waals surface area contributed by atoms with Crippen LogP contribution in [-0.2, 0) is 9.59 Å². The summed E-state index contributed by atoms with van der Waals surface area (Å²) in [7, 11) is 0. The number of anilines is 1. The Labute approximate surface area is 150 Å². The summed E-state index contributed by atoms with van der Waals surface area (Å²) in [5.74, 6) is -1.52. The van der Waals surface area contributed by atoms with E-state index in [0.29, 0.717) is 13.0 Å². The van der Waals surface area contributed by atoms with Crippen LogP contribution >= 0.6 is 24.0 Å². The van der Waals surface area contributed by atoms with Crippen molar-refractivity contribution in [2.24, 2.45) is 0 Å². The maximum absolute atomic E-state index is 12.3. The molecule has 134 valence electrons. The monoisotopic (exact) mass is 379 g/mol. The molecular formula is C14H19Cl2N3O5. The summed E-state index contributed by atoms with van der Waals surface area (Å²) in [5, 5.41) is 22.3. The number of nitro benzene ring substituents is 1. The highest BCUT2D eigenvalue weighted by atomic mass is 35.5. The molecule has 0 fully saturated rings. The van der Waals surface area contributed by atoms with Crippen LogP contribution in [0.15, 0.2) is 18.2 Å². The molecule has 0 saturated carbocycles. The second-order valence-corrected chi connectivity index (χ2v) is 5.36. The number of nitrogens with one attached hydrogen (secondary N) is 1. The van der Waals surface area contributed by atoms with Crippen molar-refractivity contribution >= 4 is 47.3 Å². The van der Waals surface area contributed by atoms with Crippen molar-refractivity contribution in [1.29, 1.82) is 0 Å². The molecule has 0 heterocycles. The molecule has 0 saturated heterocycles. The van der Waals surface area contributed by atoms with E-state index >= 15 is 0 Å². The van der Waals surface area contributed by atoms with Gasteiger partial charge in [-0.2, -0.15) is 0 Å². The van der Waals surface area contributed by atoms with Gasteiger partial charge in [-0.1, -0.05) is 18.5 Å². The fourth-order valence-corrected chi connectivity index (χ4v) is 2.16. The van der Waals surface area contributed by atoms with Gasteiger partial charge >= 0.3 is 5.97 Å². The zero-order valence-corrected chi connectivity index (χ0v) is 14.8. The number of nitrogens with zero attached hydrogens (tertiary/aromatic N) is 2. The Morgan fingerprint density at radius 2 is 2.08 bits per heavy atom. The topological polar surface area (TPSA) is 113 Å². The minimum Gasteiger partial charge on any atom is -0.480 e. The van der Waals surface area contributed by atoms with Gasteiger partial charge in [-0.05, 0) is 26.0 Å². The van der Waals surface area contributed by atoms with E-state index in [-0.39, 0.29) is 35.3 Å². The molecule has 2 N–H and O–H groups in total. The molecule has 0 aliphatic heterocycles. The van der Waals surface area contributed by atoms with Gasteiger partial charge in [-0.15, -0.1) is 12.4 Å². The lowest BCUT2D eigenvalue weighted by Crippen LogP contribution is -2.45. The summed E-state index contributed by atoms with van der Waals surface area (Å²) in [4.78, 5) is 34.8. The molecule has 0 bridgehead atoms. The number of carbonyl (C=O) groups is 2. The first-order valence-electron chi connectivity index (χ1n) is 6.96. The summed E-state index contributed by atoms with van der Waals surface area (Å²) in [6, 6.07) is 2.99. The van der Waals surface area contributed by atoms with Gasteiger partial charge < -0.3 is 10.4 Å². The smallest absolute Gasteiger partial charge is 0.317 e. The Morgan fingerprint density at radius 3 is 2.58 bits per heavy atom. The predicted molar refractivity (Wildman–Crippen MR) is 92.9 cm³/mol. The second-order valence-electron chi connectivity index (χ2n) is 4.95. The molecule has 0 radical (unpaired) electrons. The fourth-order valence-electron chi connectivity index (χ4n) is 2.00. The molecule has 0 aliphatic carbocycles. The van der Waals surface area contributed by atoms with Crippen LogP contribution in [0.4, 0.5) is 11.4 Å². The van der Waals surface area contributed by atoms with Gasteiger partial charge in [0, 0.05) is 12.1 Å². The Morgan fingerprint density at radius 1 is 1.46 bits per heavy atom. The number of carboxylic acids is 1. The molecule has 0 aliphatic rings. The minimum absolute atomic E-state index is 0. The van der Waals surface area contributed by atoms with Gasteiger partial charge in [0.15, 0.2) is 0 Å². The molecule has 1 aromatic rings. The molecular weight excluding hydrogens is 361 g/mol. The Hall–Kier alpha value is -1.90. The first-order valence-corrected chi connectivity index (χ1v) is 7.34. The Bertz CT molecular complexity index is 612. The highest BCUT2D eigenvalue weighted by molar-refractivity contribution is 6.33. The number of aliphatic carboxylic acids is 1. The van der Waals surface area contributed by atoms with E-state index in [4.69, 9.17) is 16.7 Å². The summed E-state index contributed by atoms with van der Waals surface area (Å²) in [6.45, 7) is 3.60. The quantitative estimate of drug-likeness (QED) is 0.530. The normalized spacial score (nSPS) is 11.5. The Kier molecular flexibility index (Phi) is 9.27. The van der Waals surface area contributed by atoms with E-state index in [2.05, 4.69) is 5.32 Å². The minimum atomic E-state index is -1.04. The number of nitro groups is 1. The standard InChI is InChI=1S/C14H18ClN3O5.ClH/c1-3-6-17(8-13(19)20)9(2)14(21)16-12-7-10(18(22)23)4-5-11(12)15;/h4-5,7,9H,3,6,8H2,1-2H3,(H,16,21)(H,19,20);1H. The number of halogens is 2. The van der Waals surface area contributed by atoms with Crippen molar-refractivity contribution in [2.75, 3.05) is 18.4 Å². The number of hydrogen-bond donors (Lipinski definition) is 2. The van der Waals surface area contributed by atoms with Crippen molar-refractivity contribution < 1.29 is 19.6 Å². The van der Waals surface area contributed by atoms with Crippen LogP contribution in [-0.4, -0.2) is 45.9 Å². The molecule has 0 aromatic heterocycles. The zero-order valence-electron chi connectivity index (χ0n) is 13.2. The molecule has 1 aromatic carbocycles. The van der Waals surface area contributed by atoms with Crippen molar-refractivity contribution in [3.8, 4) is 0 Å². The number of non-ortho nitro benzene ring substituents is 1. The lowest BCUT2D eigenvalue weighted by molar-refractivity contribution is -0.384. The van der Waals surface area contributed by atoms with Crippen LogP contribution in [0.2, 0.25) is 5.02 Å². The van der Waals surface area contributed by atoms with Gasteiger partial charge in [0.2, 0.25) is 5.91 Å². The molecule has 1 amide bonds. The highest BCUT2D eigenvalue weighted by Crippen LogP contribution is 2.27. The van der Waals surface area contributed by atoms with Gasteiger partial charge in [-0.3, -0.25) is 24.6 Å². The van der Waals surface area contributed by atoms with Crippen molar-refractivity contribution in [3.05, 3.63) is 33.3 Å². The van der Waals surface area contributed by atoms with E-state index in [1.165, 1.54) is 17.0 Å². The molecule has 0 spiro atoms. The predicted octanol–water partition coefficient (Wildman–Crippen LogP) is 2.79. The van der Waals surface area contributed by atoms with Gasteiger partial charge in [0.25, 0.3) is 5.69 Å². The van der Waals surface area contributed by atoms with Crippen LogP contribution in [0.5, 0.6) is 0 Å². The third-order valence-corrected chi connectivity index (χ3v) is 3.52. The fraction of sp³-hybridized carbons (Fsp3) is 0.429. The first-order chi connectivity index (χ1) is 10.8. The SMILES string of the molecule is CCCN(CC(=O)O)C(C)C(=O)Nc1cc([N+](=O)[O-])ccc1Cl.Cl. The van der Waals surface area contributed by atoms with Gasteiger partial charge in [0.05, 0.1) is 28.2 Å². The van der Waals surface area contributed by atoms with Gasteiger partial charge in [0.1, 0.15) is 0 Å². The summed E-state index contributed by atoms with van der Waals surface area (Å²) < 4.78 is 0. The molecule has 1 rings (SSSR count). The van der Waals surface area contributed by atoms with Crippen molar-refractivity contribution in [2.45, 2.75) is 26.3 Å². The lowest BCUT2D eigenvalue weighted by atomic mass is 10.2. The summed E-state index contributed by atoms with van der Waals surface area (Å²) >= 11 is 5.93. The van der Waals surface area contributed by atoms with Crippen LogP contribution in [0.25, 0.3) is 0 Å². The maximum Gasteiger partial charge on any atom is 0.317 e. The molecule has 1 atom stereocenters. The van der Waals surface area contributed by atoms with E-state index in [1.54, 1.807) is 6.92 Å². The largest absolute Gasteiger partial charge is 0.480 e. The number of amides is 1. The van der Waals surface area contributed by atoms with E-state index < -0.39 is 22.8 Å².